The second-order valence-corrected chi connectivity index (χ2v) is 6.05. The summed E-state index contributed by atoms with van der Waals surface area (Å²) in [6, 6.07) is 2.28. The van der Waals surface area contributed by atoms with Crippen molar-refractivity contribution in [2.75, 3.05) is 24.5 Å². The molecule has 5 heteroatoms. The third-order valence-electron chi connectivity index (χ3n) is 2.77. The predicted molar refractivity (Wildman–Crippen MR) is 81.3 cm³/mol. The van der Waals surface area contributed by atoms with E-state index in [1.807, 2.05) is 6.92 Å². The van der Waals surface area contributed by atoms with Crippen molar-refractivity contribution < 1.29 is 0 Å². The Labute approximate surface area is 120 Å². The topological polar surface area (TPSA) is 52.0 Å². The maximum absolute atomic E-state index is 8.90. The molecule has 0 aromatic carbocycles. The van der Waals surface area contributed by atoms with Crippen LogP contribution in [0.2, 0.25) is 0 Å². The maximum Gasteiger partial charge on any atom is 0.185 e. The lowest BCUT2D eigenvalue weighted by Gasteiger charge is -2.20. The van der Waals surface area contributed by atoms with Crippen molar-refractivity contribution in [2.24, 2.45) is 11.8 Å². The van der Waals surface area contributed by atoms with Gasteiger partial charge in [0.1, 0.15) is 0 Å². The molecular formula is C14H24N4S. The first-order chi connectivity index (χ1) is 9.06. The minimum absolute atomic E-state index is 0.0337. The summed E-state index contributed by atoms with van der Waals surface area (Å²) in [6.45, 7) is 11.9. The molecular weight excluding hydrogens is 256 g/mol. The lowest BCUT2D eigenvalue weighted by atomic mass is 10.2. The second kappa shape index (κ2) is 8.13. The lowest BCUT2D eigenvalue weighted by molar-refractivity contribution is 0.549. The van der Waals surface area contributed by atoms with Crippen LogP contribution < -0.4 is 10.2 Å². The summed E-state index contributed by atoms with van der Waals surface area (Å²) < 4.78 is 0. The number of anilines is 1. The maximum atomic E-state index is 8.90. The second-order valence-electron chi connectivity index (χ2n) is 5.21. The van der Waals surface area contributed by atoms with Crippen LogP contribution in [-0.4, -0.2) is 24.6 Å². The lowest BCUT2D eigenvalue weighted by Crippen LogP contribution is -2.27. The molecule has 1 aromatic rings. The normalized spacial score (nSPS) is 12.4. The quantitative estimate of drug-likeness (QED) is 0.795. The van der Waals surface area contributed by atoms with Gasteiger partial charge in [0.2, 0.25) is 0 Å². The van der Waals surface area contributed by atoms with Crippen LogP contribution in [0.15, 0.2) is 5.38 Å². The standard InChI is InChI=1S/C14H24N4S/c1-5-18(9-12(4)6-15)14-17-13(10-19-14)8-16-7-11(2)3/h10-12,16H,5,7-9H2,1-4H3. The van der Waals surface area contributed by atoms with Crippen molar-refractivity contribution in [3.05, 3.63) is 11.1 Å². The smallest absolute Gasteiger partial charge is 0.185 e. The molecule has 4 nitrogen and oxygen atoms in total. The molecule has 0 aliphatic heterocycles. The molecule has 1 unspecified atom stereocenters. The molecule has 1 heterocycles. The summed E-state index contributed by atoms with van der Waals surface area (Å²) >= 11 is 1.66. The third-order valence-corrected chi connectivity index (χ3v) is 3.72. The van der Waals surface area contributed by atoms with E-state index in [4.69, 9.17) is 5.26 Å². The summed E-state index contributed by atoms with van der Waals surface area (Å²) in [5, 5.41) is 15.4. The summed E-state index contributed by atoms with van der Waals surface area (Å²) in [7, 11) is 0. The first-order valence-corrected chi connectivity index (χ1v) is 7.74. The van der Waals surface area contributed by atoms with Crippen LogP contribution in [0, 0.1) is 23.2 Å². The number of nitrogens with zero attached hydrogens (tertiary/aromatic N) is 3. The van der Waals surface area contributed by atoms with E-state index in [-0.39, 0.29) is 5.92 Å². The van der Waals surface area contributed by atoms with E-state index in [2.05, 4.69) is 47.4 Å². The van der Waals surface area contributed by atoms with Crippen LogP contribution in [0.3, 0.4) is 0 Å². The first kappa shape index (κ1) is 15.9. The van der Waals surface area contributed by atoms with Gasteiger partial charge in [0.05, 0.1) is 17.7 Å². The zero-order valence-corrected chi connectivity index (χ0v) is 13.1. The fourth-order valence-electron chi connectivity index (χ4n) is 1.73. The van der Waals surface area contributed by atoms with Gasteiger partial charge in [0.15, 0.2) is 5.13 Å². The molecule has 0 saturated carbocycles. The molecule has 1 N–H and O–H groups in total. The zero-order valence-electron chi connectivity index (χ0n) is 12.3. The van der Waals surface area contributed by atoms with Gasteiger partial charge in [-0.25, -0.2) is 4.98 Å². The molecule has 0 saturated heterocycles. The fourth-order valence-corrected chi connectivity index (χ4v) is 2.63. The molecule has 0 amide bonds. The Morgan fingerprint density at radius 1 is 1.47 bits per heavy atom. The van der Waals surface area contributed by atoms with Crippen molar-refractivity contribution in [1.29, 1.82) is 5.26 Å². The number of hydrogen-bond donors (Lipinski definition) is 1. The molecule has 0 spiro atoms. The van der Waals surface area contributed by atoms with E-state index in [0.29, 0.717) is 5.92 Å². The van der Waals surface area contributed by atoms with E-state index >= 15 is 0 Å². The van der Waals surface area contributed by atoms with E-state index in [1.165, 1.54) is 0 Å². The van der Waals surface area contributed by atoms with E-state index in [9.17, 15) is 0 Å². The van der Waals surface area contributed by atoms with E-state index in [0.717, 1.165) is 37.0 Å². The van der Waals surface area contributed by atoms with Gasteiger partial charge in [-0.15, -0.1) is 11.3 Å². The Kier molecular flexibility index (Phi) is 6.82. The van der Waals surface area contributed by atoms with Crippen molar-refractivity contribution in [3.63, 3.8) is 0 Å². The molecule has 0 fully saturated rings. The molecule has 19 heavy (non-hydrogen) atoms. The minimum Gasteiger partial charge on any atom is -0.347 e. The van der Waals surface area contributed by atoms with Crippen LogP contribution in [0.4, 0.5) is 5.13 Å². The van der Waals surface area contributed by atoms with Crippen LogP contribution in [-0.2, 0) is 6.54 Å². The van der Waals surface area contributed by atoms with Gasteiger partial charge < -0.3 is 10.2 Å². The fraction of sp³-hybridized carbons (Fsp3) is 0.714. The molecule has 0 aliphatic carbocycles. The highest BCUT2D eigenvalue weighted by molar-refractivity contribution is 7.13. The van der Waals surface area contributed by atoms with Crippen LogP contribution in [0.5, 0.6) is 0 Å². The summed E-state index contributed by atoms with van der Waals surface area (Å²) in [5.74, 6) is 0.688. The predicted octanol–water partition coefficient (Wildman–Crippen LogP) is 2.87. The highest BCUT2D eigenvalue weighted by Gasteiger charge is 2.12. The van der Waals surface area contributed by atoms with Gasteiger partial charge in [-0.1, -0.05) is 13.8 Å². The third kappa shape index (κ3) is 5.58. The average molecular weight is 280 g/mol. The molecule has 106 valence electrons. The van der Waals surface area contributed by atoms with E-state index < -0.39 is 0 Å². The van der Waals surface area contributed by atoms with Crippen LogP contribution >= 0.6 is 11.3 Å². The summed E-state index contributed by atoms with van der Waals surface area (Å²) in [4.78, 5) is 6.81. The van der Waals surface area contributed by atoms with Gasteiger partial charge in [-0.2, -0.15) is 5.26 Å². The van der Waals surface area contributed by atoms with Crippen LogP contribution in [0.1, 0.15) is 33.4 Å². The van der Waals surface area contributed by atoms with Gasteiger partial charge in [-0.05, 0) is 26.3 Å². The SMILES string of the molecule is CCN(CC(C)C#N)c1nc(CNCC(C)C)cs1. The number of nitriles is 1. The number of thiazole rings is 1. The molecule has 1 aromatic heterocycles. The average Bonchev–Trinajstić information content (AvgIpc) is 2.83. The van der Waals surface area contributed by atoms with Gasteiger partial charge in [-0.3, -0.25) is 0 Å². The Balaban J connectivity index is 2.54. The molecule has 0 aliphatic rings. The number of rotatable bonds is 8. The summed E-state index contributed by atoms with van der Waals surface area (Å²) in [6.07, 6.45) is 0. The first-order valence-electron chi connectivity index (χ1n) is 6.86. The molecule has 1 atom stereocenters. The van der Waals surface area contributed by atoms with Crippen LogP contribution in [0.25, 0.3) is 0 Å². The van der Waals surface area contributed by atoms with Gasteiger partial charge in [0.25, 0.3) is 0 Å². The number of aromatic nitrogens is 1. The monoisotopic (exact) mass is 280 g/mol. The Bertz CT molecular complexity index is 408. The largest absolute Gasteiger partial charge is 0.347 e. The van der Waals surface area contributed by atoms with Gasteiger partial charge >= 0.3 is 0 Å². The van der Waals surface area contributed by atoms with Crippen molar-refractivity contribution >= 4 is 16.5 Å². The Morgan fingerprint density at radius 2 is 2.21 bits per heavy atom. The zero-order chi connectivity index (χ0) is 14.3. The summed E-state index contributed by atoms with van der Waals surface area (Å²) in [5.41, 5.74) is 1.09. The van der Waals surface area contributed by atoms with Crippen molar-refractivity contribution in [2.45, 2.75) is 34.2 Å². The van der Waals surface area contributed by atoms with E-state index in [1.54, 1.807) is 11.3 Å². The number of hydrogen-bond acceptors (Lipinski definition) is 5. The highest BCUT2D eigenvalue weighted by Crippen LogP contribution is 2.21. The number of nitrogens with one attached hydrogen (secondary N) is 1. The van der Waals surface area contributed by atoms with Gasteiger partial charge in [0, 0.05) is 25.0 Å². The Hall–Kier alpha value is -1.12. The molecule has 0 bridgehead atoms. The molecule has 1 rings (SSSR count). The molecule has 0 radical (unpaired) electrons. The Morgan fingerprint density at radius 3 is 2.79 bits per heavy atom. The minimum atomic E-state index is 0.0337. The van der Waals surface area contributed by atoms with Crippen molar-refractivity contribution in [3.8, 4) is 6.07 Å². The van der Waals surface area contributed by atoms with Crippen molar-refractivity contribution in [1.82, 2.24) is 10.3 Å². The highest BCUT2D eigenvalue weighted by atomic mass is 32.1.